The van der Waals surface area contributed by atoms with Crippen LogP contribution in [0.5, 0.6) is 11.5 Å². The summed E-state index contributed by atoms with van der Waals surface area (Å²) >= 11 is 1.59. The first-order valence-corrected chi connectivity index (χ1v) is 10.8. The van der Waals surface area contributed by atoms with Crippen LogP contribution in [0.1, 0.15) is 5.56 Å². The number of hydrogen-bond donors (Lipinski definition) is 4. The molecule has 0 saturated carbocycles. The smallest absolute Gasteiger partial charge is 0.416 e. The molecule has 180 valence electrons. The van der Waals surface area contributed by atoms with E-state index in [1.807, 2.05) is 0 Å². The van der Waals surface area contributed by atoms with E-state index in [1.165, 1.54) is 12.1 Å². The van der Waals surface area contributed by atoms with Gasteiger partial charge in [-0.15, -0.1) is 0 Å². The largest absolute Gasteiger partial charge is 0.457 e. The summed E-state index contributed by atoms with van der Waals surface area (Å²) in [5.74, 6) is 0.205. The molecule has 4 N–H and O–H groups in total. The van der Waals surface area contributed by atoms with Crippen molar-refractivity contribution in [3.05, 3.63) is 72.0 Å². The number of hydrogen-bond acceptors (Lipinski definition) is 4. The molecule has 0 spiro atoms. The van der Waals surface area contributed by atoms with E-state index in [9.17, 15) is 27.2 Å². The van der Waals surface area contributed by atoms with Gasteiger partial charge in [-0.2, -0.15) is 13.2 Å². The van der Waals surface area contributed by atoms with Crippen LogP contribution in [-0.2, 0) is 6.18 Å². The highest BCUT2D eigenvalue weighted by Gasteiger charge is 2.31. The Morgan fingerprint density at radius 1 is 0.914 bits per heavy atom. The van der Waals surface area contributed by atoms with Gasteiger partial charge in [0, 0.05) is 34.3 Å². The van der Waals surface area contributed by atoms with Crippen LogP contribution in [0.15, 0.2) is 60.7 Å². The van der Waals surface area contributed by atoms with Gasteiger partial charge < -0.3 is 20.4 Å². The predicted molar refractivity (Wildman–Crippen MR) is 130 cm³/mol. The molecule has 0 fully saturated rings. The van der Waals surface area contributed by atoms with Gasteiger partial charge in [0.15, 0.2) is 0 Å². The van der Waals surface area contributed by atoms with Crippen LogP contribution in [0.3, 0.4) is 0 Å². The van der Waals surface area contributed by atoms with E-state index in [0.717, 1.165) is 0 Å². The fourth-order valence-electron chi connectivity index (χ4n) is 3.03. The van der Waals surface area contributed by atoms with Gasteiger partial charge in [-0.05, 0) is 54.6 Å². The molecule has 3 amide bonds. The summed E-state index contributed by atoms with van der Waals surface area (Å²) < 4.78 is 57.8. The Morgan fingerprint density at radius 2 is 1.63 bits per heavy atom. The fraction of sp³-hybridized carbons (Fsp3) is 0.0455. The average molecular weight is 599 g/mol. The number of carbonyl (C=O) groups is 2. The Hall–Kier alpha value is -3.88. The van der Waals surface area contributed by atoms with Gasteiger partial charge in [0.05, 0.1) is 22.3 Å². The number of benzene rings is 3. The van der Waals surface area contributed by atoms with E-state index in [4.69, 9.17) is 4.74 Å². The van der Waals surface area contributed by atoms with Crippen LogP contribution >= 0.6 is 22.6 Å². The van der Waals surface area contributed by atoms with Crippen LogP contribution in [0.25, 0.3) is 11.0 Å². The quantitative estimate of drug-likeness (QED) is 0.0848. The molecule has 0 saturated heterocycles. The van der Waals surface area contributed by atoms with Crippen LogP contribution in [0.2, 0.25) is 0 Å². The van der Waals surface area contributed by atoms with Gasteiger partial charge in [-0.3, -0.25) is 10.1 Å². The van der Waals surface area contributed by atoms with E-state index < -0.39 is 29.3 Å². The molecule has 4 aromatic rings. The van der Waals surface area contributed by atoms with Crippen LogP contribution in [0.4, 0.5) is 44.5 Å². The number of alkyl halides is 3. The number of anilines is 3. The number of fused-ring (bicyclic) bond motifs is 1. The first-order chi connectivity index (χ1) is 16.6. The molecule has 13 heteroatoms. The van der Waals surface area contributed by atoms with Crippen molar-refractivity contribution in [3.8, 4) is 11.5 Å². The molecule has 35 heavy (non-hydrogen) atoms. The molecular formula is C22H14F4IN5O3. The van der Waals surface area contributed by atoms with E-state index in [-0.39, 0.29) is 3.91 Å². The lowest BCUT2D eigenvalue weighted by atomic mass is 10.2. The first kappa shape index (κ1) is 24.3. The van der Waals surface area contributed by atoms with E-state index in [2.05, 4.69) is 25.9 Å². The normalized spacial score (nSPS) is 11.2. The lowest BCUT2D eigenvalue weighted by molar-refractivity contribution is -0.137. The molecule has 0 atom stereocenters. The summed E-state index contributed by atoms with van der Waals surface area (Å²) in [6.45, 7) is 0. The van der Waals surface area contributed by atoms with Crippen molar-refractivity contribution in [2.45, 2.75) is 6.18 Å². The minimum Gasteiger partial charge on any atom is -0.457 e. The maximum atomic E-state index is 13.8. The number of amides is 3. The fourth-order valence-corrected chi connectivity index (χ4v) is 3.28. The highest BCUT2D eigenvalue weighted by atomic mass is 127. The van der Waals surface area contributed by atoms with Gasteiger partial charge >= 0.3 is 12.2 Å². The monoisotopic (exact) mass is 599 g/mol. The topological polar surface area (TPSA) is 108 Å². The third-order valence-corrected chi connectivity index (χ3v) is 4.83. The molecule has 1 heterocycles. The summed E-state index contributed by atoms with van der Waals surface area (Å²) in [6.07, 6.45) is -4.67. The minimum atomic E-state index is -4.67. The lowest BCUT2D eigenvalue weighted by Gasteiger charge is -2.12. The Balaban J connectivity index is 1.39. The maximum absolute atomic E-state index is 13.8. The molecule has 8 nitrogen and oxygen atoms in total. The number of H-pyrrole nitrogens is 1. The van der Waals surface area contributed by atoms with Gasteiger partial charge in [-0.1, -0.05) is 0 Å². The zero-order valence-electron chi connectivity index (χ0n) is 17.3. The zero-order chi connectivity index (χ0) is 25.2. The molecular weight excluding hydrogens is 585 g/mol. The number of aromatic amines is 1. The number of urea groups is 1. The highest BCUT2D eigenvalue weighted by Crippen LogP contribution is 2.32. The second-order valence-corrected chi connectivity index (χ2v) is 8.04. The molecule has 0 aliphatic heterocycles. The SMILES string of the molecule is O=C(I)Nc1nc2ccc(Oc3ccc(NC(=O)Nc4cc(C(F)(F)F)ccc4F)cc3)cc2[nH]1. The standard InChI is InChI=1S/C22H14F4IN5O3/c23-15-7-1-11(22(24,25)26)9-17(15)31-21(34)28-12-2-4-13(5-3-12)35-14-6-8-16-18(10-14)30-20(29-16)32-19(27)33/h1-10H,(H2,28,31,34)(H2,29,30,32,33). The molecule has 0 aliphatic rings. The van der Waals surface area contributed by atoms with Crippen molar-refractivity contribution < 1.29 is 31.9 Å². The molecule has 4 rings (SSSR count). The number of halogens is 5. The second kappa shape index (κ2) is 9.77. The van der Waals surface area contributed by atoms with E-state index in [0.29, 0.717) is 52.4 Å². The average Bonchev–Trinajstić information content (AvgIpc) is 3.16. The summed E-state index contributed by atoms with van der Waals surface area (Å²) in [5, 5.41) is 7.01. The van der Waals surface area contributed by atoms with Gasteiger partial charge in [0.2, 0.25) is 5.95 Å². The third-order valence-electron chi connectivity index (χ3n) is 4.56. The number of rotatable bonds is 5. The van der Waals surface area contributed by atoms with Crippen LogP contribution in [0, 0.1) is 5.82 Å². The van der Waals surface area contributed by atoms with Crippen molar-refractivity contribution >= 4 is 60.9 Å². The lowest BCUT2D eigenvalue weighted by Crippen LogP contribution is -2.20. The summed E-state index contributed by atoms with van der Waals surface area (Å²) in [6, 6.07) is 12.0. The Morgan fingerprint density at radius 3 is 2.31 bits per heavy atom. The van der Waals surface area contributed by atoms with Crippen molar-refractivity contribution in [2.75, 3.05) is 16.0 Å². The van der Waals surface area contributed by atoms with E-state index in [1.54, 1.807) is 52.9 Å². The number of imidazole rings is 1. The Bertz CT molecular complexity index is 1410. The van der Waals surface area contributed by atoms with Crippen molar-refractivity contribution in [1.82, 2.24) is 9.97 Å². The highest BCUT2D eigenvalue weighted by molar-refractivity contribution is 14.1. The van der Waals surface area contributed by atoms with Gasteiger partial charge in [-0.25, -0.2) is 14.2 Å². The molecule has 1 aromatic heterocycles. The summed E-state index contributed by atoms with van der Waals surface area (Å²) in [4.78, 5) is 30.4. The van der Waals surface area contributed by atoms with Crippen LogP contribution in [-0.4, -0.2) is 19.9 Å². The minimum absolute atomic E-state index is 0.291. The van der Waals surface area contributed by atoms with Crippen molar-refractivity contribution in [1.29, 1.82) is 0 Å². The number of nitrogens with zero attached hydrogens (tertiary/aromatic N) is 1. The molecule has 0 radical (unpaired) electrons. The molecule has 0 aliphatic carbocycles. The second-order valence-electron chi connectivity index (χ2n) is 7.06. The summed E-state index contributed by atoms with van der Waals surface area (Å²) in [7, 11) is 0. The first-order valence-electron chi connectivity index (χ1n) is 9.76. The third kappa shape index (κ3) is 6.17. The van der Waals surface area contributed by atoms with Gasteiger partial charge in [0.25, 0.3) is 3.91 Å². The predicted octanol–water partition coefficient (Wildman–Crippen LogP) is 7.12. The zero-order valence-corrected chi connectivity index (χ0v) is 19.5. The van der Waals surface area contributed by atoms with Crippen molar-refractivity contribution in [2.24, 2.45) is 0 Å². The number of nitrogens with one attached hydrogen (secondary N) is 4. The summed E-state index contributed by atoms with van der Waals surface area (Å²) in [5.41, 5.74) is -0.132. The molecule has 0 unspecified atom stereocenters. The maximum Gasteiger partial charge on any atom is 0.416 e. The number of ether oxygens (including phenoxy) is 1. The van der Waals surface area contributed by atoms with Crippen LogP contribution < -0.4 is 20.7 Å². The molecule has 0 bridgehead atoms. The number of aromatic nitrogens is 2. The van der Waals surface area contributed by atoms with Gasteiger partial charge in [0.1, 0.15) is 17.3 Å². The Kier molecular flexibility index (Phi) is 6.77. The number of carbonyl (C=O) groups excluding carboxylic acids is 2. The van der Waals surface area contributed by atoms with E-state index >= 15 is 0 Å². The molecule has 3 aromatic carbocycles. The Labute approximate surface area is 208 Å². The van der Waals surface area contributed by atoms with Crippen molar-refractivity contribution in [3.63, 3.8) is 0 Å².